The molecule has 1 atom stereocenters. The number of hydrogen-bond donors (Lipinski definition) is 2. The van der Waals surface area contributed by atoms with E-state index in [9.17, 15) is 5.11 Å². The quantitative estimate of drug-likeness (QED) is 0.564. The Hall–Kier alpha value is -0.120. The van der Waals surface area contributed by atoms with E-state index in [1.807, 2.05) is 6.92 Å². The predicted octanol–water partition coefficient (Wildman–Crippen LogP) is 2.09. The van der Waals surface area contributed by atoms with Crippen molar-refractivity contribution < 1.29 is 9.84 Å². The molecule has 1 aliphatic carbocycles. The van der Waals surface area contributed by atoms with Gasteiger partial charge in [-0.25, -0.2) is 0 Å². The van der Waals surface area contributed by atoms with Crippen molar-refractivity contribution in [1.82, 2.24) is 5.32 Å². The summed E-state index contributed by atoms with van der Waals surface area (Å²) in [5.41, 5.74) is -0.715. The first kappa shape index (κ1) is 13.9. The molecule has 1 aliphatic rings. The normalized spacial score (nSPS) is 19.7. The number of rotatable bonds is 10. The minimum absolute atomic E-state index is 0.443. The van der Waals surface area contributed by atoms with Gasteiger partial charge in [0.15, 0.2) is 0 Å². The molecule has 16 heavy (non-hydrogen) atoms. The number of hydrogen-bond acceptors (Lipinski definition) is 3. The van der Waals surface area contributed by atoms with Gasteiger partial charge in [-0.1, -0.05) is 26.2 Å². The second-order valence-corrected chi connectivity index (χ2v) is 5.27. The van der Waals surface area contributed by atoms with Gasteiger partial charge in [0.2, 0.25) is 0 Å². The molecule has 2 N–H and O–H groups in total. The average Bonchev–Trinajstić information content (AvgIpc) is 3.04. The van der Waals surface area contributed by atoms with Crippen LogP contribution in [-0.2, 0) is 4.74 Å². The molecule has 0 spiro atoms. The summed E-state index contributed by atoms with van der Waals surface area (Å²) in [7, 11) is 0. The molecule has 96 valence electrons. The zero-order valence-electron chi connectivity index (χ0n) is 10.8. The summed E-state index contributed by atoms with van der Waals surface area (Å²) in [5, 5.41) is 13.3. The molecule has 0 aromatic rings. The van der Waals surface area contributed by atoms with Crippen molar-refractivity contribution in [3.8, 4) is 0 Å². The molecule has 0 aromatic carbocycles. The van der Waals surface area contributed by atoms with Crippen LogP contribution in [0.5, 0.6) is 0 Å². The van der Waals surface area contributed by atoms with Crippen molar-refractivity contribution in [2.24, 2.45) is 0 Å². The Bertz CT molecular complexity index is 179. The number of aliphatic hydroxyl groups is 1. The van der Waals surface area contributed by atoms with Gasteiger partial charge in [0, 0.05) is 19.2 Å². The Morgan fingerprint density at radius 3 is 2.69 bits per heavy atom. The van der Waals surface area contributed by atoms with Gasteiger partial charge in [-0.05, 0) is 26.2 Å². The zero-order chi connectivity index (χ0) is 11.9. The van der Waals surface area contributed by atoms with E-state index < -0.39 is 5.60 Å². The highest BCUT2D eigenvalue weighted by Crippen LogP contribution is 2.19. The second kappa shape index (κ2) is 7.25. The van der Waals surface area contributed by atoms with E-state index >= 15 is 0 Å². The molecule has 0 bridgehead atoms. The summed E-state index contributed by atoms with van der Waals surface area (Å²) in [6, 6.07) is 0.649. The minimum Gasteiger partial charge on any atom is -0.386 e. The SMILES string of the molecule is CCCCCCOCC(C)(O)CNC1CC1. The van der Waals surface area contributed by atoms with Crippen LogP contribution in [0.15, 0.2) is 0 Å². The summed E-state index contributed by atoms with van der Waals surface area (Å²) < 4.78 is 5.51. The van der Waals surface area contributed by atoms with Crippen molar-refractivity contribution in [3.63, 3.8) is 0 Å². The lowest BCUT2D eigenvalue weighted by molar-refractivity contribution is -0.0332. The molecule has 0 amide bonds. The fourth-order valence-corrected chi connectivity index (χ4v) is 1.63. The summed E-state index contributed by atoms with van der Waals surface area (Å²) in [6.45, 7) is 5.91. The Morgan fingerprint density at radius 1 is 1.31 bits per heavy atom. The van der Waals surface area contributed by atoms with Crippen LogP contribution in [0, 0.1) is 0 Å². The number of nitrogens with one attached hydrogen (secondary N) is 1. The van der Waals surface area contributed by atoms with Crippen LogP contribution in [0.3, 0.4) is 0 Å². The van der Waals surface area contributed by atoms with Crippen LogP contribution >= 0.6 is 0 Å². The van der Waals surface area contributed by atoms with Gasteiger partial charge >= 0.3 is 0 Å². The Balaban J connectivity index is 1.92. The monoisotopic (exact) mass is 229 g/mol. The third kappa shape index (κ3) is 7.20. The van der Waals surface area contributed by atoms with Gasteiger partial charge in [-0.3, -0.25) is 0 Å². The van der Waals surface area contributed by atoms with E-state index in [2.05, 4.69) is 12.2 Å². The van der Waals surface area contributed by atoms with Crippen molar-refractivity contribution in [2.75, 3.05) is 19.8 Å². The highest BCUT2D eigenvalue weighted by Gasteiger charge is 2.26. The molecule has 0 heterocycles. The van der Waals surface area contributed by atoms with Gasteiger partial charge in [-0.15, -0.1) is 0 Å². The van der Waals surface area contributed by atoms with Gasteiger partial charge in [0.1, 0.15) is 0 Å². The first-order chi connectivity index (χ1) is 7.64. The smallest absolute Gasteiger partial charge is 0.0975 e. The Kier molecular flexibility index (Phi) is 6.32. The van der Waals surface area contributed by atoms with Crippen LogP contribution < -0.4 is 5.32 Å². The number of unbranched alkanes of at least 4 members (excludes halogenated alkanes) is 3. The van der Waals surface area contributed by atoms with E-state index in [1.54, 1.807) is 0 Å². The van der Waals surface area contributed by atoms with Crippen LogP contribution in [0.25, 0.3) is 0 Å². The maximum Gasteiger partial charge on any atom is 0.0975 e. The lowest BCUT2D eigenvalue weighted by atomic mass is 10.1. The largest absolute Gasteiger partial charge is 0.386 e. The topological polar surface area (TPSA) is 41.5 Å². The van der Waals surface area contributed by atoms with Gasteiger partial charge in [0.05, 0.1) is 12.2 Å². The third-order valence-electron chi connectivity index (χ3n) is 2.90. The molecule has 1 rings (SSSR count). The molecular formula is C13H27NO2. The standard InChI is InChI=1S/C13H27NO2/c1-3-4-5-6-9-16-11-13(2,15)10-14-12-7-8-12/h12,14-15H,3-11H2,1-2H3. The Labute approximate surface area is 99.6 Å². The molecule has 1 saturated carbocycles. The summed E-state index contributed by atoms with van der Waals surface area (Å²) in [6.07, 6.45) is 7.40. The molecular weight excluding hydrogens is 202 g/mol. The van der Waals surface area contributed by atoms with Crippen LogP contribution in [0.4, 0.5) is 0 Å². The zero-order valence-corrected chi connectivity index (χ0v) is 10.8. The van der Waals surface area contributed by atoms with E-state index in [4.69, 9.17) is 4.74 Å². The summed E-state index contributed by atoms with van der Waals surface area (Å²) >= 11 is 0. The van der Waals surface area contributed by atoms with Crippen LogP contribution in [-0.4, -0.2) is 36.5 Å². The molecule has 3 heteroatoms. The predicted molar refractivity (Wildman–Crippen MR) is 66.6 cm³/mol. The van der Waals surface area contributed by atoms with Gasteiger partial charge < -0.3 is 15.2 Å². The highest BCUT2D eigenvalue weighted by atomic mass is 16.5. The van der Waals surface area contributed by atoms with Crippen molar-refractivity contribution in [3.05, 3.63) is 0 Å². The van der Waals surface area contributed by atoms with Crippen molar-refractivity contribution >= 4 is 0 Å². The summed E-state index contributed by atoms with van der Waals surface area (Å²) in [5.74, 6) is 0. The highest BCUT2D eigenvalue weighted by molar-refractivity contribution is 4.85. The van der Waals surface area contributed by atoms with Crippen molar-refractivity contribution in [1.29, 1.82) is 0 Å². The molecule has 0 aliphatic heterocycles. The van der Waals surface area contributed by atoms with Crippen molar-refractivity contribution in [2.45, 2.75) is 64.0 Å². The van der Waals surface area contributed by atoms with Gasteiger partial charge in [-0.2, -0.15) is 0 Å². The maximum atomic E-state index is 10.0. The fourth-order valence-electron chi connectivity index (χ4n) is 1.63. The molecule has 0 radical (unpaired) electrons. The first-order valence-electron chi connectivity index (χ1n) is 6.67. The number of ether oxygens (including phenoxy) is 1. The molecule has 0 saturated heterocycles. The van der Waals surface area contributed by atoms with E-state index in [1.165, 1.54) is 32.1 Å². The first-order valence-corrected chi connectivity index (χ1v) is 6.67. The second-order valence-electron chi connectivity index (χ2n) is 5.27. The lowest BCUT2D eigenvalue weighted by Crippen LogP contribution is -2.42. The molecule has 1 fully saturated rings. The van der Waals surface area contributed by atoms with Gasteiger partial charge in [0.25, 0.3) is 0 Å². The van der Waals surface area contributed by atoms with E-state index in [0.717, 1.165) is 13.0 Å². The molecule has 1 unspecified atom stereocenters. The third-order valence-corrected chi connectivity index (χ3v) is 2.90. The Morgan fingerprint density at radius 2 is 2.06 bits per heavy atom. The van der Waals surface area contributed by atoms with Crippen LogP contribution in [0.1, 0.15) is 52.4 Å². The molecule has 0 aromatic heterocycles. The minimum atomic E-state index is -0.715. The van der Waals surface area contributed by atoms with E-state index in [-0.39, 0.29) is 0 Å². The summed E-state index contributed by atoms with van der Waals surface area (Å²) in [4.78, 5) is 0. The maximum absolute atomic E-state index is 10.0. The van der Waals surface area contributed by atoms with E-state index in [0.29, 0.717) is 19.2 Å². The lowest BCUT2D eigenvalue weighted by Gasteiger charge is -2.23. The molecule has 3 nitrogen and oxygen atoms in total. The average molecular weight is 229 g/mol. The fraction of sp³-hybridized carbons (Fsp3) is 1.00. The van der Waals surface area contributed by atoms with Crippen LogP contribution in [0.2, 0.25) is 0 Å².